The number of hydrogen-bond acceptors (Lipinski definition) is 3. The van der Waals surface area contributed by atoms with E-state index in [2.05, 4.69) is 20.6 Å². The maximum absolute atomic E-state index is 12.4. The number of para-hydroxylation sites is 1. The van der Waals surface area contributed by atoms with Gasteiger partial charge in [-0.05, 0) is 24.3 Å². The number of hydrogen-bond donors (Lipinski definition) is 4. The third-order valence-corrected chi connectivity index (χ3v) is 3.80. The zero-order valence-corrected chi connectivity index (χ0v) is 13.9. The zero-order valence-electron chi connectivity index (χ0n) is 13.9. The van der Waals surface area contributed by atoms with Gasteiger partial charge in [0.1, 0.15) is 5.70 Å². The minimum absolute atomic E-state index is 0.0386. The third-order valence-electron chi connectivity index (χ3n) is 3.80. The van der Waals surface area contributed by atoms with Crippen molar-refractivity contribution in [3.8, 4) is 0 Å². The molecule has 0 saturated carbocycles. The number of benzene rings is 1. The number of aromatic nitrogens is 2. The molecule has 2 heterocycles. The van der Waals surface area contributed by atoms with Gasteiger partial charge in [-0.25, -0.2) is 4.79 Å². The van der Waals surface area contributed by atoms with Gasteiger partial charge in [0.25, 0.3) is 5.91 Å². The highest BCUT2D eigenvalue weighted by atomic mass is 16.4. The molecule has 132 valence electrons. The molecular formula is C19H18N4O3. The normalized spacial score (nSPS) is 11.3. The first-order valence-electron chi connectivity index (χ1n) is 8.09. The lowest BCUT2D eigenvalue weighted by atomic mass is 10.1. The second kappa shape index (κ2) is 7.98. The van der Waals surface area contributed by atoms with Gasteiger partial charge in [0, 0.05) is 47.5 Å². The first-order valence-corrected chi connectivity index (χ1v) is 8.09. The maximum atomic E-state index is 12.4. The first kappa shape index (κ1) is 17.2. The quantitative estimate of drug-likeness (QED) is 0.512. The number of nitrogens with one attached hydrogen (secondary N) is 3. The van der Waals surface area contributed by atoms with Crippen molar-refractivity contribution in [2.24, 2.45) is 0 Å². The molecular weight excluding hydrogens is 332 g/mol. The van der Waals surface area contributed by atoms with Gasteiger partial charge in [0.15, 0.2) is 0 Å². The molecule has 7 nitrogen and oxygen atoms in total. The van der Waals surface area contributed by atoms with Crippen molar-refractivity contribution in [2.45, 2.75) is 6.42 Å². The summed E-state index contributed by atoms with van der Waals surface area (Å²) >= 11 is 0. The molecule has 0 saturated heterocycles. The fraction of sp³-hybridized carbons (Fsp3) is 0.105. The Balaban J connectivity index is 1.74. The average Bonchev–Trinajstić information content (AvgIpc) is 3.05. The molecule has 2 aromatic heterocycles. The van der Waals surface area contributed by atoms with Crippen LogP contribution in [-0.2, 0) is 11.2 Å². The number of nitrogens with zero attached hydrogens (tertiary/aromatic N) is 1. The van der Waals surface area contributed by atoms with Crippen molar-refractivity contribution in [2.75, 3.05) is 6.54 Å². The Morgan fingerprint density at radius 1 is 1.15 bits per heavy atom. The number of rotatable bonds is 6. The minimum Gasteiger partial charge on any atom is -0.465 e. The van der Waals surface area contributed by atoms with Crippen molar-refractivity contribution in [1.29, 1.82) is 0 Å². The number of amides is 2. The van der Waals surface area contributed by atoms with Crippen LogP contribution in [0, 0.1) is 0 Å². The number of aromatic amines is 1. The summed E-state index contributed by atoms with van der Waals surface area (Å²) in [4.78, 5) is 30.7. The fourth-order valence-corrected chi connectivity index (χ4v) is 2.59. The van der Waals surface area contributed by atoms with Gasteiger partial charge < -0.3 is 15.4 Å². The van der Waals surface area contributed by atoms with Gasteiger partial charge in [0.05, 0.1) is 0 Å². The van der Waals surface area contributed by atoms with E-state index in [4.69, 9.17) is 5.11 Å². The Labute approximate surface area is 149 Å². The van der Waals surface area contributed by atoms with E-state index in [1.54, 1.807) is 12.4 Å². The van der Waals surface area contributed by atoms with Crippen molar-refractivity contribution < 1.29 is 14.7 Å². The van der Waals surface area contributed by atoms with Gasteiger partial charge in [-0.15, -0.1) is 0 Å². The molecule has 3 aromatic rings. The predicted octanol–water partition coefficient (Wildman–Crippen LogP) is 2.53. The second-order valence-corrected chi connectivity index (χ2v) is 5.60. The van der Waals surface area contributed by atoms with Crippen molar-refractivity contribution in [3.05, 3.63) is 71.8 Å². The molecule has 0 unspecified atom stereocenters. The summed E-state index contributed by atoms with van der Waals surface area (Å²) in [5.41, 5.74) is 2.44. The summed E-state index contributed by atoms with van der Waals surface area (Å²) < 4.78 is 0. The Morgan fingerprint density at radius 3 is 2.73 bits per heavy atom. The molecule has 4 N–H and O–H groups in total. The monoisotopic (exact) mass is 350 g/mol. The highest BCUT2D eigenvalue weighted by Crippen LogP contribution is 2.19. The molecule has 1 aromatic carbocycles. The van der Waals surface area contributed by atoms with Crippen LogP contribution in [0.2, 0.25) is 0 Å². The van der Waals surface area contributed by atoms with Crippen molar-refractivity contribution in [1.82, 2.24) is 20.6 Å². The van der Waals surface area contributed by atoms with Crippen LogP contribution in [0.15, 0.2) is 60.6 Å². The van der Waals surface area contributed by atoms with Gasteiger partial charge in [-0.3, -0.25) is 15.1 Å². The molecule has 0 atom stereocenters. The van der Waals surface area contributed by atoms with E-state index < -0.39 is 12.0 Å². The number of carboxylic acid groups (broad SMARTS) is 1. The molecule has 3 rings (SSSR count). The van der Waals surface area contributed by atoms with Crippen LogP contribution < -0.4 is 10.6 Å². The van der Waals surface area contributed by atoms with E-state index in [0.717, 1.165) is 22.2 Å². The van der Waals surface area contributed by atoms with Crippen LogP contribution in [-0.4, -0.2) is 33.6 Å². The largest absolute Gasteiger partial charge is 0.465 e. The SMILES string of the molecule is O=C(O)NC(=Cc1c[nH]c2ccccc12)C(=O)NCCc1ccccn1. The number of carbonyl (C=O) groups is 2. The number of fused-ring (bicyclic) bond motifs is 1. The standard InChI is InChI=1S/C19H18N4O3/c24-18(21-10-8-14-5-3-4-9-20-14)17(23-19(25)26)11-13-12-22-16-7-2-1-6-15(13)16/h1-7,9,11-12,22-23H,8,10H2,(H,21,24)(H,25,26). The van der Waals surface area contributed by atoms with Crippen molar-refractivity contribution >= 4 is 29.0 Å². The summed E-state index contributed by atoms with van der Waals surface area (Å²) in [6, 6.07) is 13.1. The first-order chi connectivity index (χ1) is 12.6. The van der Waals surface area contributed by atoms with Gasteiger partial charge in [-0.2, -0.15) is 0 Å². The van der Waals surface area contributed by atoms with E-state index >= 15 is 0 Å². The van der Waals surface area contributed by atoms with Gasteiger partial charge in [0.2, 0.25) is 0 Å². The number of H-pyrrole nitrogens is 1. The molecule has 26 heavy (non-hydrogen) atoms. The summed E-state index contributed by atoms with van der Waals surface area (Å²) in [6.07, 6.45) is 4.19. The topological polar surface area (TPSA) is 107 Å². The lowest BCUT2D eigenvalue weighted by Gasteiger charge is -2.08. The molecule has 0 aliphatic heterocycles. The lowest BCUT2D eigenvalue weighted by molar-refractivity contribution is -0.117. The molecule has 7 heteroatoms. The molecule has 0 fully saturated rings. The molecule has 2 amide bonds. The van der Waals surface area contributed by atoms with Crippen LogP contribution in [0.25, 0.3) is 17.0 Å². The number of pyridine rings is 1. The molecule has 0 bridgehead atoms. The highest BCUT2D eigenvalue weighted by molar-refractivity contribution is 6.02. The molecule has 0 aliphatic rings. The number of carbonyl (C=O) groups excluding carboxylic acids is 1. The third kappa shape index (κ3) is 4.27. The van der Waals surface area contributed by atoms with Crippen LogP contribution in [0.5, 0.6) is 0 Å². The van der Waals surface area contributed by atoms with E-state index in [1.807, 2.05) is 42.5 Å². The molecule has 0 aliphatic carbocycles. The highest BCUT2D eigenvalue weighted by Gasteiger charge is 2.13. The molecule has 0 spiro atoms. The van der Waals surface area contributed by atoms with Crippen LogP contribution in [0.1, 0.15) is 11.3 Å². The second-order valence-electron chi connectivity index (χ2n) is 5.60. The molecule has 0 radical (unpaired) electrons. The summed E-state index contributed by atoms with van der Waals surface area (Å²) in [5.74, 6) is -0.492. The van der Waals surface area contributed by atoms with E-state index in [0.29, 0.717) is 13.0 Å². The van der Waals surface area contributed by atoms with E-state index in [9.17, 15) is 9.59 Å². The van der Waals surface area contributed by atoms with E-state index in [1.165, 1.54) is 6.08 Å². The maximum Gasteiger partial charge on any atom is 0.409 e. The summed E-state index contributed by atoms with van der Waals surface area (Å²) in [7, 11) is 0. The zero-order chi connectivity index (χ0) is 18.4. The fourth-order valence-electron chi connectivity index (χ4n) is 2.59. The Bertz CT molecular complexity index is 948. The van der Waals surface area contributed by atoms with Crippen LogP contribution in [0.3, 0.4) is 0 Å². The summed E-state index contributed by atoms with van der Waals surface area (Å²) in [6.45, 7) is 0.350. The predicted molar refractivity (Wildman–Crippen MR) is 98.4 cm³/mol. The lowest BCUT2D eigenvalue weighted by Crippen LogP contribution is -2.35. The van der Waals surface area contributed by atoms with Crippen LogP contribution >= 0.6 is 0 Å². The average molecular weight is 350 g/mol. The van der Waals surface area contributed by atoms with Gasteiger partial charge in [-0.1, -0.05) is 24.3 Å². The Kier molecular flexibility index (Phi) is 5.28. The van der Waals surface area contributed by atoms with Crippen molar-refractivity contribution in [3.63, 3.8) is 0 Å². The summed E-state index contributed by atoms with van der Waals surface area (Å²) in [5, 5.41) is 14.8. The smallest absolute Gasteiger partial charge is 0.409 e. The Hall–Kier alpha value is -3.61. The van der Waals surface area contributed by atoms with Gasteiger partial charge >= 0.3 is 6.09 Å². The van der Waals surface area contributed by atoms with Crippen LogP contribution in [0.4, 0.5) is 4.79 Å². The minimum atomic E-state index is -1.30. The Morgan fingerprint density at radius 2 is 1.96 bits per heavy atom. The van der Waals surface area contributed by atoms with E-state index in [-0.39, 0.29) is 5.70 Å².